The zero-order valence-electron chi connectivity index (χ0n) is 18.9. The van der Waals surface area contributed by atoms with Crippen molar-refractivity contribution in [2.75, 3.05) is 36.4 Å². The lowest BCUT2D eigenvalue weighted by atomic mass is 10.2. The minimum Gasteiger partial charge on any atom is -0.342 e. The Kier molecular flexibility index (Phi) is 7.69. The summed E-state index contributed by atoms with van der Waals surface area (Å²) in [5, 5.41) is 3.98. The van der Waals surface area contributed by atoms with Crippen LogP contribution in [0.3, 0.4) is 0 Å². The summed E-state index contributed by atoms with van der Waals surface area (Å²) < 4.78 is 1.92. The second-order valence-electron chi connectivity index (χ2n) is 7.28. The van der Waals surface area contributed by atoms with Gasteiger partial charge >= 0.3 is 0 Å². The molecule has 0 aliphatic rings. The number of likely N-dealkylation sites (N-methyl/N-ethyl adjacent to an activating group) is 1. The molecule has 2 amide bonds. The standard InChI is InChI=1S/C23H29ClN6O2/c1-5-28(6-2)20(31)15-30-12-11-16-13-17(9-10-19(16)30)26-22(32)21-18(24)14-25-23(27-21)29(7-3)8-4/h9-14H,5-8,15H2,1-4H3,(H,26,32). The van der Waals surface area contributed by atoms with Gasteiger partial charge in [0.25, 0.3) is 5.91 Å². The summed E-state index contributed by atoms with van der Waals surface area (Å²) in [5.74, 6) is 0.142. The van der Waals surface area contributed by atoms with E-state index >= 15 is 0 Å². The monoisotopic (exact) mass is 456 g/mol. The van der Waals surface area contributed by atoms with E-state index in [-0.39, 0.29) is 23.2 Å². The largest absolute Gasteiger partial charge is 0.342 e. The van der Waals surface area contributed by atoms with Crippen LogP contribution in [0.25, 0.3) is 10.9 Å². The Labute approximate surface area is 193 Å². The maximum absolute atomic E-state index is 12.9. The Balaban J connectivity index is 1.79. The number of halogens is 1. The Bertz CT molecular complexity index is 1110. The predicted octanol–water partition coefficient (Wildman–Crippen LogP) is 4.05. The van der Waals surface area contributed by atoms with Crippen LogP contribution >= 0.6 is 11.6 Å². The molecule has 9 heteroatoms. The predicted molar refractivity (Wildman–Crippen MR) is 128 cm³/mol. The SMILES string of the molecule is CCN(CC)C(=O)Cn1ccc2cc(NC(=O)c3nc(N(CC)CC)ncc3Cl)ccc21. The Morgan fingerprint density at radius 1 is 1.06 bits per heavy atom. The molecule has 3 rings (SSSR count). The molecular formula is C23H29ClN6O2. The molecule has 0 aliphatic heterocycles. The molecule has 2 aromatic heterocycles. The van der Waals surface area contributed by atoms with Crippen molar-refractivity contribution in [3.8, 4) is 0 Å². The molecule has 0 atom stereocenters. The highest BCUT2D eigenvalue weighted by Crippen LogP contribution is 2.23. The lowest BCUT2D eigenvalue weighted by Gasteiger charge is -2.19. The number of benzene rings is 1. The van der Waals surface area contributed by atoms with Gasteiger partial charge in [-0.05, 0) is 52.0 Å². The van der Waals surface area contributed by atoms with Gasteiger partial charge in [-0.1, -0.05) is 11.6 Å². The van der Waals surface area contributed by atoms with Gasteiger partial charge in [-0.15, -0.1) is 0 Å². The number of nitrogens with zero attached hydrogens (tertiary/aromatic N) is 5. The normalized spacial score (nSPS) is 10.9. The van der Waals surface area contributed by atoms with E-state index in [1.54, 1.807) is 11.0 Å². The fraction of sp³-hybridized carbons (Fsp3) is 0.391. The average molecular weight is 457 g/mol. The van der Waals surface area contributed by atoms with Crippen LogP contribution in [0.1, 0.15) is 38.2 Å². The summed E-state index contributed by atoms with van der Waals surface area (Å²) in [5.41, 5.74) is 1.67. The quantitative estimate of drug-likeness (QED) is 0.525. The Hall–Kier alpha value is -3.13. The molecule has 3 aromatic rings. The van der Waals surface area contributed by atoms with Crippen LogP contribution in [0, 0.1) is 0 Å². The summed E-state index contributed by atoms with van der Waals surface area (Å²) in [6.07, 6.45) is 3.34. The van der Waals surface area contributed by atoms with Crippen LogP contribution in [0.4, 0.5) is 11.6 Å². The van der Waals surface area contributed by atoms with Crippen molar-refractivity contribution in [1.29, 1.82) is 0 Å². The fourth-order valence-corrected chi connectivity index (χ4v) is 3.78. The third-order valence-electron chi connectivity index (χ3n) is 5.44. The van der Waals surface area contributed by atoms with Gasteiger partial charge in [-0.3, -0.25) is 9.59 Å². The molecule has 170 valence electrons. The van der Waals surface area contributed by atoms with E-state index in [0.717, 1.165) is 24.0 Å². The highest BCUT2D eigenvalue weighted by molar-refractivity contribution is 6.34. The van der Waals surface area contributed by atoms with Gasteiger partial charge in [0.05, 0.1) is 11.2 Å². The number of rotatable bonds is 9. The van der Waals surface area contributed by atoms with Crippen molar-refractivity contribution in [2.24, 2.45) is 0 Å². The molecule has 0 saturated carbocycles. The lowest BCUT2D eigenvalue weighted by Crippen LogP contribution is -2.33. The number of fused-ring (bicyclic) bond motifs is 1. The Morgan fingerprint density at radius 3 is 2.44 bits per heavy atom. The van der Waals surface area contributed by atoms with E-state index in [9.17, 15) is 9.59 Å². The maximum atomic E-state index is 12.9. The summed E-state index contributed by atoms with van der Waals surface area (Å²) in [4.78, 5) is 37.7. The second-order valence-corrected chi connectivity index (χ2v) is 7.68. The molecule has 0 spiro atoms. The van der Waals surface area contributed by atoms with E-state index in [0.29, 0.717) is 24.7 Å². The lowest BCUT2D eigenvalue weighted by molar-refractivity contribution is -0.131. The number of nitrogens with one attached hydrogen (secondary N) is 1. The molecule has 0 fully saturated rings. The van der Waals surface area contributed by atoms with Gasteiger partial charge in [0, 0.05) is 49.0 Å². The summed E-state index contributed by atoms with van der Waals surface area (Å²) in [6.45, 7) is 11.0. The fourth-order valence-electron chi connectivity index (χ4n) is 3.60. The van der Waals surface area contributed by atoms with Crippen LogP contribution in [-0.4, -0.2) is 57.4 Å². The van der Waals surface area contributed by atoms with E-state index in [1.807, 2.05) is 61.6 Å². The van der Waals surface area contributed by atoms with Crippen molar-refractivity contribution in [3.05, 3.63) is 47.4 Å². The van der Waals surface area contributed by atoms with E-state index in [2.05, 4.69) is 15.3 Å². The van der Waals surface area contributed by atoms with Crippen molar-refractivity contribution in [3.63, 3.8) is 0 Å². The number of hydrogen-bond donors (Lipinski definition) is 1. The first-order chi connectivity index (χ1) is 15.4. The van der Waals surface area contributed by atoms with Crippen molar-refractivity contribution < 1.29 is 9.59 Å². The number of carbonyl (C=O) groups is 2. The number of anilines is 2. The minimum atomic E-state index is -0.402. The molecule has 0 bridgehead atoms. The molecular weight excluding hydrogens is 428 g/mol. The molecule has 0 radical (unpaired) electrons. The van der Waals surface area contributed by atoms with Crippen LogP contribution in [0.15, 0.2) is 36.7 Å². The van der Waals surface area contributed by atoms with Gasteiger partial charge in [-0.2, -0.15) is 0 Å². The highest BCUT2D eigenvalue weighted by atomic mass is 35.5. The van der Waals surface area contributed by atoms with Crippen molar-refractivity contribution in [1.82, 2.24) is 19.4 Å². The van der Waals surface area contributed by atoms with Crippen molar-refractivity contribution in [2.45, 2.75) is 34.2 Å². The number of amides is 2. The van der Waals surface area contributed by atoms with Crippen LogP contribution in [0.5, 0.6) is 0 Å². The average Bonchev–Trinajstić information content (AvgIpc) is 3.18. The first-order valence-corrected chi connectivity index (χ1v) is 11.2. The van der Waals surface area contributed by atoms with Gasteiger partial charge in [-0.25, -0.2) is 9.97 Å². The molecule has 1 N–H and O–H groups in total. The third kappa shape index (κ3) is 5.02. The summed E-state index contributed by atoms with van der Waals surface area (Å²) in [6, 6.07) is 7.49. The molecule has 8 nitrogen and oxygen atoms in total. The number of hydrogen-bond acceptors (Lipinski definition) is 5. The topological polar surface area (TPSA) is 83.4 Å². The molecule has 0 aliphatic carbocycles. The van der Waals surface area contributed by atoms with Crippen LogP contribution < -0.4 is 10.2 Å². The van der Waals surface area contributed by atoms with Gasteiger partial charge in [0.15, 0.2) is 5.69 Å². The van der Waals surface area contributed by atoms with Gasteiger partial charge < -0.3 is 19.7 Å². The van der Waals surface area contributed by atoms with E-state index in [4.69, 9.17) is 11.6 Å². The van der Waals surface area contributed by atoms with Crippen LogP contribution in [0.2, 0.25) is 5.02 Å². The zero-order valence-corrected chi connectivity index (χ0v) is 19.7. The van der Waals surface area contributed by atoms with Crippen molar-refractivity contribution >= 4 is 46.0 Å². The van der Waals surface area contributed by atoms with E-state index in [1.165, 1.54) is 6.20 Å². The molecule has 0 saturated heterocycles. The smallest absolute Gasteiger partial charge is 0.276 e. The zero-order chi connectivity index (χ0) is 23.3. The second kappa shape index (κ2) is 10.5. The van der Waals surface area contributed by atoms with Crippen LogP contribution in [-0.2, 0) is 11.3 Å². The van der Waals surface area contributed by atoms with E-state index < -0.39 is 5.91 Å². The highest BCUT2D eigenvalue weighted by Gasteiger charge is 2.17. The molecule has 1 aromatic carbocycles. The summed E-state index contributed by atoms with van der Waals surface area (Å²) >= 11 is 6.20. The molecule has 2 heterocycles. The minimum absolute atomic E-state index is 0.0762. The van der Waals surface area contributed by atoms with Gasteiger partial charge in [0.1, 0.15) is 6.54 Å². The first kappa shape index (κ1) is 23.5. The third-order valence-corrected chi connectivity index (χ3v) is 5.72. The van der Waals surface area contributed by atoms with Gasteiger partial charge in [0.2, 0.25) is 11.9 Å². The molecule has 32 heavy (non-hydrogen) atoms. The first-order valence-electron chi connectivity index (χ1n) is 10.9. The number of aromatic nitrogens is 3. The maximum Gasteiger partial charge on any atom is 0.276 e. The summed E-state index contributed by atoms with van der Waals surface area (Å²) in [7, 11) is 0. The molecule has 0 unspecified atom stereocenters. The number of carbonyl (C=O) groups excluding carboxylic acids is 2. The Morgan fingerprint density at radius 2 is 1.78 bits per heavy atom.